The molecule has 7 heteroatoms. The third kappa shape index (κ3) is 3.12. The van der Waals surface area contributed by atoms with Gasteiger partial charge < -0.3 is 19.7 Å². The summed E-state index contributed by atoms with van der Waals surface area (Å²) < 4.78 is 9.50. The maximum absolute atomic E-state index is 12.5. The minimum Gasteiger partial charge on any atom is -0.508 e. The first-order valence-electron chi connectivity index (χ1n) is 7.42. The first-order valence-corrected chi connectivity index (χ1v) is 7.42. The molecule has 130 valence electrons. The number of aromatic hydroxyl groups is 1. The van der Waals surface area contributed by atoms with Gasteiger partial charge in [0.05, 0.1) is 25.7 Å². The van der Waals surface area contributed by atoms with Crippen LogP contribution in [0.2, 0.25) is 0 Å². The van der Waals surface area contributed by atoms with Gasteiger partial charge in [-0.05, 0) is 24.6 Å². The largest absolute Gasteiger partial charge is 0.508 e. The van der Waals surface area contributed by atoms with E-state index in [1.54, 1.807) is 6.07 Å². The standard InChI is InChI=1S/C17H20O7/c1-17(22)8-11(19)13(15(20)23-2)12(14(17)16(21)24-3)9-5-4-6-10(18)7-9/h4-7,12-14,18,22H,8H2,1-3H3/t12-,13+,14+,17+/m0/s1. The summed E-state index contributed by atoms with van der Waals surface area (Å²) >= 11 is 0. The number of rotatable bonds is 3. The maximum Gasteiger partial charge on any atom is 0.316 e. The molecule has 0 heterocycles. The van der Waals surface area contributed by atoms with Crippen LogP contribution >= 0.6 is 0 Å². The molecular weight excluding hydrogens is 316 g/mol. The summed E-state index contributed by atoms with van der Waals surface area (Å²) in [6.07, 6.45) is -0.373. The van der Waals surface area contributed by atoms with Crippen LogP contribution in [0.15, 0.2) is 24.3 Å². The smallest absolute Gasteiger partial charge is 0.316 e. The molecule has 1 saturated carbocycles. The number of ether oxygens (including phenoxy) is 2. The summed E-state index contributed by atoms with van der Waals surface area (Å²) in [7, 11) is 2.32. The lowest BCUT2D eigenvalue weighted by Gasteiger charge is -2.43. The zero-order valence-electron chi connectivity index (χ0n) is 13.7. The SMILES string of the molecule is COC(=O)[C@@H]1C(=O)C[C@@](C)(O)[C@@H](C(=O)OC)[C@H]1c1cccc(O)c1. The molecule has 2 N–H and O–H groups in total. The summed E-state index contributed by atoms with van der Waals surface area (Å²) in [4.78, 5) is 36.9. The summed E-state index contributed by atoms with van der Waals surface area (Å²) in [5, 5.41) is 20.4. The van der Waals surface area contributed by atoms with Gasteiger partial charge in [-0.2, -0.15) is 0 Å². The van der Waals surface area contributed by atoms with E-state index in [2.05, 4.69) is 0 Å². The summed E-state index contributed by atoms with van der Waals surface area (Å²) in [6, 6.07) is 5.88. The van der Waals surface area contributed by atoms with Crippen LogP contribution in [0.4, 0.5) is 0 Å². The van der Waals surface area contributed by atoms with Gasteiger partial charge in [0.2, 0.25) is 0 Å². The molecule has 1 fully saturated rings. The van der Waals surface area contributed by atoms with Gasteiger partial charge in [0.1, 0.15) is 11.7 Å². The van der Waals surface area contributed by atoms with E-state index in [-0.39, 0.29) is 12.2 Å². The molecule has 1 aliphatic rings. The van der Waals surface area contributed by atoms with Crippen LogP contribution in [0.3, 0.4) is 0 Å². The lowest BCUT2D eigenvalue weighted by Crippen LogP contribution is -2.55. The van der Waals surface area contributed by atoms with E-state index >= 15 is 0 Å². The second-order valence-corrected chi connectivity index (χ2v) is 6.12. The number of aliphatic hydroxyl groups is 1. The van der Waals surface area contributed by atoms with E-state index in [4.69, 9.17) is 9.47 Å². The third-order valence-electron chi connectivity index (χ3n) is 4.43. The number of phenols is 1. The van der Waals surface area contributed by atoms with Crippen LogP contribution in [0.1, 0.15) is 24.8 Å². The van der Waals surface area contributed by atoms with Gasteiger partial charge in [-0.25, -0.2) is 0 Å². The molecule has 0 bridgehead atoms. The molecule has 0 saturated heterocycles. The van der Waals surface area contributed by atoms with E-state index in [0.717, 1.165) is 7.11 Å². The van der Waals surface area contributed by atoms with Crippen molar-refractivity contribution in [2.24, 2.45) is 11.8 Å². The Morgan fingerprint density at radius 1 is 1.21 bits per heavy atom. The highest BCUT2D eigenvalue weighted by atomic mass is 16.5. The number of phenolic OH excluding ortho intramolecular Hbond substituents is 1. The Kier molecular flexibility index (Phi) is 4.94. The Hall–Kier alpha value is -2.41. The predicted molar refractivity (Wildman–Crippen MR) is 82.1 cm³/mol. The number of methoxy groups -OCH3 is 2. The van der Waals surface area contributed by atoms with E-state index in [1.807, 2.05) is 0 Å². The second kappa shape index (κ2) is 6.60. The Morgan fingerprint density at radius 3 is 2.38 bits per heavy atom. The van der Waals surface area contributed by atoms with Gasteiger partial charge in [0.15, 0.2) is 5.78 Å². The molecule has 1 aliphatic carbocycles. The number of hydrogen-bond acceptors (Lipinski definition) is 7. The highest BCUT2D eigenvalue weighted by Crippen LogP contribution is 2.47. The van der Waals surface area contributed by atoms with E-state index in [9.17, 15) is 24.6 Å². The van der Waals surface area contributed by atoms with Gasteiger partial charge in [0.25, 0.3) is 0 Å². The summed E-state index contributed by atoms with van der Waals surface area (Å²) in [5.74, 6) is -5.58. The van der Waals surface area contributed by atoms with Crippen molar-refractivity contribution in [2.75, 3.05) is 14.2 Å². The van der Waals surface area contributed by atoms with Gasteiger partial charge in [-0.3, -0.25) is 14.4 Å². The van der Waals surface area contributed by atoms with Crippen LogP contribution < -0.4 is 0 Å². The fraction of sp³-hybridized carbons (Fsp3) is 0.471. The summed E-state index contributed by atoms with van der Waals surface area (Å²) in [5.41, 5.74) is -1.32. The van der Waals surface area contributed by atoms with Crippen LogP contribution in [-0.2, 0) is 23.9 Å². The molecule has 0 unspecified atom stereocenters. The van der Waals surface area contributed by atoms with E-state index in [1.165, 1.54) is 32.2 Å². The first kappa shape index (κ1) is 17.9. The molecular formula is C17H20O7. The molecule has 7 nitrogen and oxygen atoms in total. The van der Waals surface area contributed by atoms with Gasteiger partial charge >= 0.3 is 11.9 Å². The van der Waals surface area contributed by atoms with E-state index in [0.29, 0.717) is 5.56 Å². The van der Waals surface area contributed by atoms with Crippen LogP contribution in [-0.4, -0.2) is 47.8 Å². The lowest BCUT2D eigenvalue weighted by molar-refractivity contribution is -0.170. The zero-order chi connectivity index (χ0) is 18.1. The molecule has 24 heavy (non-hydrogen) atoms. The van der Waals surface area contributed by atoms with Gasteiger partial charge in [-0.1, -0.05) is 12.1 Å². The Bertz CT molecular complexity index is 665. The van der Waals surface area contributed by atoms with Crippen molar-refractivity contribution in [3.05, 3.63) is 29.8 Å². The number of carbonyl (C=O) groups is 3. The second-order valence-electron chi connectivity index (χ2n) is 6.12. The van der Waals surface area contributed by atoms with Crippen LogP contribution in [0.5, 0.6) is 5.75 Å². The van der Waals surface area contributed by atoms with Crippen molar-refractivity contribution < 1.29 is 34.1 Å². The molecule has 1 aromatic carbocycles. The Labute approximate surface area is 139 Å². The number of carbonyl (C=O) groups excluding carboxylic acids is 3. The number of benzene rings is 1. The monoisotopic (exact) mass is 336 g/mol. The fourth-order valence-corrected chi connectivity index (χ4v) is 3.40. The van der Waals surface area contributed by atoms with Crippen molar-refractivity contribution in [3.63, 3.8) is 0 Å². The minimum absolute atomic E-state index is 0.0857. The zero-order valence-corrected chi connectivity index (χ0v) is 13.7. The Morgan fingerprint density at radius 2 is 1.83 bits per heavy atom. The normalized spacial score (nSPS) is 29.8. The molecule has 0 radical (unpaired) electrons. The number of esters is 2. The first-order chi connectivity index (χ1) is 11.2. The molecule has 0 amide bonds. The molecule has 2 rings (SSSR count). The quantitative estimate of drug-likeness (QED) is 0.620. The number of hydrogen-bond donors (Lipinski definition) is 2. The topological polar surface area (TPSA) is 110 Å². The molecule has 1 aromatic rings. The predicted octanol–water partition coefficient (Wildman–Crippen LogP) is 0.778. The van der Waals surface area contributed by atoms with Crippen molar-refractivity contribution in [3.8, 4) is 5.75 Å². The van der Waals surface area contributed by atoms with Crippen LogP contribution in [0, 0.1) is 11.8 Å². The van der Waals surface area contributed by atoms with Crippen molar-refractivity contribution >= 4 is 17.7 Å². The molecule has 4 atom stereocenters. The Balaban J connectivity index is 2.65. The highest BCUT2D eigenvalue weighted by Gasteiger charge is 2.56. The van der Waals surface area contributed by atoms with Crippen molar-refractivity contribution in [1.29, 1.82) is 0 Å². The lowest BCUT2D eigenvalue weighted by atomic mass is 9.61. The number of ketones is 1. The van der Waals surface area contributed by atoms with Crippen molar-refractivity contribution in [2.45, 2.75) is 24.9 Å². The van der Waals surface area contributed by atoms with E-state index < -0.39 is 41.1 Å². The molecule has 0 aromatic heterocycles. The third-order valence-corrected chi connectivity index (χ3v) is 4.43. The fourth-order valence-electron chi connectivity index (χ4n) is 3.40. The van der Waals surface area contributed by atoms with Crippen molar-refractivity contribution in [1.82, 2.24) is 0 Å². The molecule has 0 aliphatic heterocycles. The molecule has 0 spiro atoms. The average molecular weight is 336 g/mol. The average Bonchev–Trinajstić information content (AvgIpc) is 2.52. The maximum atomic E-state index is 12.5. The van der Waals surface area contributed by atoms with Gasteiger partial charge in [-0.15, -0.1) is 0 Å². The minimum atomic E-state index is -1.69. The highest BCUT2D eigenvalue weighted by molar-refractivity contribution is 6.02. The summed E-state index contributed by atoms with van der Waals surface area (Å²) in [6.45, 7) is 1.36. The van der Waals surface area contributed by atoms with Gasteiger partial charge in [0, 0.05) is 12.3 Å². The number of Topliss-reactive ketones (excluding diaryl/α,β-unsaturated/α-hetero) is 1. The van der Waals surface area contributed by atoms with Crippen LogP contribution in [0.25, 0.3) is 0 Å².